The van der Waals surface area contributed by atoms with E-state index in [9.17, 15) is 4.39 Å². The van der Waals surface area contributed by atoms with Crippen molar-refractivity contribution in [1.82, 2.24) is 9.55 Å². The van der Waals surface area contributed by atoms with E-state index in [4.69, 9.17) is 23.2 Å². The van der Waals surface area contributed by atoms with E-state index in [1.165, 1.54) is 6.07 Å². The van der Waals surface area contributed by atoms with Crippen molar-refractivity contribution in [3.05, 3.63) is 28.8 Å². The molecule has 1 atom stereocenters. The number of alkyl halides is 1. The molecule has 2 rings (SSSR count). The second kappa shape index (κ2) is 5.06. The van der Waals surface area contributed by atoms with Crippen LogP contribution in [0.15, 0.2) is 12.1 Å². The second-order valence-corrected chi connectivity index (χ2v) is 5.45. The fourth-order valence-electron chi connectivity index (χ4n) is 1.99. The summed E-state index contributed by atoms with van der Waals surface area (Å²) in [5.41, 5.74) is 1.43. The number of rotatable bonds is 3. The lowest BCUT2D eigenvalue weighted by atomic mass is 10.1. The number of fused-ring (bicyclic) bond motifs is 1. The zero-order valence-corrected chi connectivity index (χ0v) is 12.1. The quantitative estimate of drug-likeness (QED) is 0.743. The molecule has 1 aromatic heterocycles. The predicted octanol–water partition coefficient (Wildman–Crippen LogP) is 4.78. The molecule has 0 fully saturated rings. The van der Waals surface area contributed by atoms with Crippen molar-refractivity contribution in [3.63, 3.8) is 0 Å². The van der Waals surface area contributed by atoms with E-state index in [0.717, 1.165) is 11.3 Å². The van der Waals surface area contributed by atoms with Crippen molar-refractivity contribution >= 4 is 34.2 Å². The van der Waals surface area contributed by atoms with Gasteiger partial charge in [-0.25, -0.2) is 9.37 Å². The average Bonchev–Trinajstić information content (AvgIpc) is 2.66. The molecule has 0 amide bonds. The standard InChI is InChI=1S/C13H15Cl2FN2/c1-7(2)8(3)18-12-4-9(15)10(16)5-11(12)17-13(18)6-14/h4-5,7-8H,6H2,1-3H3. The molecular weight excluding hydrogens is 274 g/mol. The lowest BCUT2D eigenvalue weighted by Gasteiger charge is -2.20. The maximum atomic E-state index is 13.4. The molecule has 0 aliphatic heterocycles. The van der Waals surface area contributed by atoms with Gasteiger partial charge in [-0.1, -0.05) is 25.4 Å². The maximum Gasteiger partial charge on any atom is 0.144 e. The molecule has 0 aliphatic rings. The summed E-state index contributed by atoms with van der Waals surface area (Å²) < 4.78 is 15.5. The fourth-order valence-corrected chi connectivity index (χ4v) is 2.33. The third-order valence-electron chi connectivity index (χ3n) is 3.30. The van der Waals surface area contributed by atoms with Crippen molar-refractivity contribution in [2.75, 3.05) is 0 Å². The van der Waals surface area contributed by atoms with Crippen LogP contribution in [0.5, 0.6) is 0 Å². The van der Waals surface area contributed by atoms with Gasteiger partial charge in [-0.15, -0.1) is 11.6 Å². The first kappa shape index (κ1) is 13.6. The van der Waals surface area contributed by atoms with Gasteiger partial charge in [-0.05, 0) is 18.9 Å². The zero-order chi connectivity index (χ0) is 13.4. The first-order chi connectivity index (χ1) is 8.45. The van der Waals surface area contributed by atoms with Crippen LogP contribution in [0.3, 0.4) is 0 Å². The van der Waals surface area contributed by atoms with E-state index >= 15 is 0 Å². The topological polar surface area (TPSA) is 17.8 Å². The first-order valence-electron chi connectivity index (χ1n) is 5.87. The van der Waals surface area contributed by atoms with Crippen LogP contribution in [0.1, 0.15) is 32.6 Å². The van der Waals surface area contributed by atoms with E-state index in [2.05, 4.69) is 25.8 Å². The third kappa shape index (κ3) is 2.21. The molecule has 0 aliphatic carbocycles. The molecule has 0 N–H and O–H groups in total. The van der Waals surface area contributed by atoms with Gasteiger partial charge in [0.1, 0.15) is 11.6 Å². The molecule has 1 unspecified atom stereocenters. The summed E-state index contributed by atoms with van der Waals surface area (Å²) in [7, 11) is 0. The number of imidazole rings is 1. The van der Waals surface area contributed by atoms with Crippen LogP contribution in [0.2, 0.25) is 5.02 Å². The highest BCUT2D eigenvalue weighted by atomic mass is 35.5. The predicted molar refractivity (Wildman–Crippen MR) is 73.8 cm³/mol. The van der Waals surface area contributed by atoms with Gasteiger partial charge in [0.25, 0.3) is 0 Å². The van der Waals surface area contributed by atoms with Crippen molar-refractivity contribution in [1.29, 1.82) is 0 Å². The van der Waals surface area contributed by atoms with E-state index in [-0.39, 0.29) is 11.1 Å². The lowest BCUT2D eigenvalue weighted by Crippen LogP contribution is -2.13. The summed E-state index contributed by atoms with van der Waals surface area (Å²) in [4.78, 5) is 4.37. The SMILES string of the molecule is CC(C)C(C)n1c(CCl)nc2cc(F)c(Cl)cc21. The Kier molecular flexibility index (Phi) is 3.83. The van der Waals surface area contributed by atoms with Gasteiger partial charge in [0.05, 0.1) is 21.9 Å². The summed E-state index contributed by atoms with van der Waals surface area (Å²) in [5, 5.41) is 0.112. The lowest BCUT2D eigenvalue weighted by molar-refractivity contribution is 0.409. The van der Waals surface area contributed by atoms with Gasteiger partial charge >= 0.3 is 0 Å². The number of aromatic nitrogens is 2. The monoisotopic (exact) mass is 288 g/mol. The second-order valence-electron chi connectivity index (χ2n) is 4.77. The maximum absolute atomic E-state index is 13.4. The Morgan fingerprint density at radius 3 is 2.56 bits per heavy atom. The van der Waals surface area contributed by atoms with E-state index in [1.807, 2.05) is 4.57 Å². The Morgan fingerprint density at radius 2 is 2.00 bits per heavy atom. The van der Waals surface area contributed by atoms with Crippen LogP contribution < -0.4 is 0 Å². The highest BCUT2D eigenvalue weighted by molar-refractivity contribution is 6.31. The van der Waals surface area contributed by atoms with Crippen molar-refractivity contribution < 1.29 is 4.39 Å². The van der Waals surface area contributed by atoms with Crippen LogP contribution in [-0.2, 0) is 5.88 Å². The minimum atomic E-state index is -0.452. The van der Waals surface area contributed by atoms with Gasteiger partial charge in [0.15, 0.2) is 0 Å². The molecule has 0 spiro atoms. The minimum Gasteiger partial charge on any atom is -0.324 e. The van der Waals surface area contributed by atoms with E-state index < -0.39 is 5.82 Å². The average molecular weight is 289 g/mol. The van der Waals surface area contributed by atoms with Crippen LogP contribution in [0.4, 0.5) is 4.39 Å². The molecule has 98 valence electrons. The summed E-state index contributed by atoms with van der Waals surface area (Å²) in [6, 6.07) is 3.20. The molecule has 1 heterocycles. The van der Waals surface area contributed by atoms with Gasteiger partial charge < -0.3 is 4.57 Å². The normalized spacial score (nSPS) is 13.5. The fraction of sp³-hybridized carbons (Fsp3) is 0.462. The molecule has 2 nitrogen and oxygen atoms in total. The number of nitrogens with zero attached hydrogens (tertiary/aromatic N) is 2. The smallest absolute Gasteiger partial charge is 0.144 e. The number of benzene rings is 1. The molecule has 0 saturated heterocycles. The minimum absolute atomic E-state index is 0.112. The summed E-state index contributed by atoms with van der Waals surface area (Å²) in [5.74, 6) is 1.01. The Hall–Kier alpha value is -0.800. The van der Waals surface area contributed by atoms with Crippen molar-refractivity contribution in [2.45, 2.75) is 32.7 Å². The van der Waals surface area contributed by atoms with Crippen molar-refractivity contribution in [3.8, 4) is 0 Å². The summed E-state index contributed by atoms with van der Waals surface area (Å²) in [6.07, 6.45) is 0. The zero-order valence-electron chi connectivity index (χ0n) is 10.5. The first-order valence-corrected chi connectivity index (χ1v) is 6.78. The number of hydrogen-bond donors (Lipinski definition) is 0. The molecule has 1 aromatic carbocycles. The van der Waals surface area contributed by atoms with Crippen LogP contribution in [0, 0.1) is 11.7 Å². The molecule has 2 aromatic rings. The van der Waals surface area contributed by atoms with Gasteiger partial charge in [-0.2, -0.15) is 0 Å². The molecular formula is C13H15Cl2FN2. The van der Waals surface area contributed by atoms with Crippen LogP contribution in [-0.4, -0.2) is 9.55 Å². The molecule has 18 heavy (non-hydrogen) atoms. The molecule has 0 radical (unpaired) electrons. The Bertz CT molecular complexity index is 578. The summed E-state index contributed by atoms with van der Waals surface area (Å²) >= 11 is 11.8. The third-order valence-corrected chi connectivity index (χ3v) is 3.82. The van der Waals surface area contributed by atoms with Crippen molar-refractivity contribution in [2.24, 2.45) is 5.92 Å². The Labute approximate surface area is 116 Å². The van der Waals surface area contributed by atoms with E-state index in [1.54, 1.807) is 6.07 Å². The van der Waals surface area contributed by atoms with E-state index in [0.29, 0.717) is 17.3 Å². The number of hydrogen-bond acceptors (Lipinski definition) is 1. The van der Waals surface area contributed by atoms with Gasteiger partial charge in [0, 0.05) is 12.1 Å². The number of halogens is 3. The highest BCUT2D eigenvalue weighted by Crippen LogP contribution is 2.29. The highest BCUT2D eigenvalue weighted by Gasteiger charge is 2.19. The molecule has 0 bridgehead atoms. The Morgan fingerprint density at radius 1 is 1.33 bits per heavy atom. The van der Waals surface area contributed by atoms with Crippen LogP contribution in [0.25, 0.3) is 11.0 Å². The van der Waals surface area contributed by atoms with Gasteiger partial charge in [-0.3, -0.25) is 0 Å². The molecule has 5 heteroatoms. The molecule has 0 saturated carbocycles. The Balaban J connectivity index is 2.72. The van der Waals surface area contributed by atoms with Crippen LogP contribution >= 0.6 is 23.2 Å². The summed E-state index contributed by atoms with van der Waals surface area (Å²) in [6.45, 7) is 6.35. The van der Waals surface area contributed by atoms with Gasteiger partial charge in [0.2, 0.25) is 0 Å². The largest absolute Gasteiger partial charge is 0.324 e.